The first-order valence-electron chi connectivity index (χ1n) is 5.12. The highest BCUT2D eigenvalue weighted by Gasteiger charge is 2.26. The molecule has 1 N–H and O–H groups in total. The summed E-state index contributed by atoms with van der Waals surface area (Å²) in [6, 6.07) is 0. The molecule has 16 heavy (non-hydrogen) atoms. The van der Waals surface area contributed by atoms with E-state index < -0.39 is 5.97 Å². The van der Waals surface area contributed by atoms with Gasteiger partial charge in [0, 0.05) is 25.5 Å². The van der Waals surface area contributed by atoms with E-state index in [0.29, 0.717) is 12.5 Å². The molecule has 0 radical (unpaired) electrons. The van der Waals surface area contributed by atoms with Gasteiger partial charge in [-0.15, -0.1) is 0 Å². The molecule has 1 fully saturated rings. The van der Waals surface area contributed by atoms with Crippen LogP contribution in [0.15, 0.2) is 16.9 Å². The van der Waals surface area contributed by atoms with Gasteiger partial charge in [0.1, 0.15) is 0 Å². The van der Waals surface area contributed by atoms with Crippen LogP contribution >= 0.6 is 15.9 Å². The molecule has 0 aliphatic carbocycles. The number of rotatable bonds is 2. The number of piperidine rings is 1. The molecule has 86 valence electrons. The van der Waals surface area contributed by atoms with Crippen molar-refractivity contribution in [2.24, 2.45) is 5.92 Å². The maximum absolute atomic E-state index is 10.9. The van der Waals surface area contributed by atoms with Crippen molar-refractivity contribution in [3.63, 3.8) is 0 Å². The van der Waals surface area contributed by atoms with E-state index in [-0.39, 0.29) is 5.92 Å². The smallest absolute Gasteiger partial charge is 0.308 e. The molecule has 2 heterocycles. The van der Waals surface area contributed by atoms with Gasteiger partial charge in [-0.3, -0.25) is 4.79 Å². The molecule has 1 aliphatic heterocycles. The fraction of sp³-hybridized carbons (Fsp3) is 0.500. The van der Waals surface area contributed by atoms with Crippen molar-refractivity contribution in [3.05, 3.63) is 16.9 Å². The van der Waals surface area contributed by atoms with Crippen LogP contribution in [0, 0.1) is 5.92 Å². The van der Waals surface area contributed by atoms with Crippen molar-refractivity contribution >= 4 is 27.8 Å². The Kier molecular flexibility index (Phi) is 3.38. The number of aromatic nitrogens is 2. The summed E-state index contributed by atoms with van der Waals surface area (Å²) in [7, 11) is 0. The molecular formula is C10H12BrN3O2. The van der Waals surface area contributed by atoms with E-state index in [9.17, 15) is 4.79 Å². The largest absolute Gasteiger partial charge is 0.481 e. The minimum absolute atomic E-state index is 0.305. The highest BCUT2D eigenvalue weighted by atomic mass is 79.9. The Labute approximate surface area is 102 Å². The first-order valence-corrected chi connectivity index (χ1v) is 5.91. The van der Waals surface area contributed by atoms with Gasteiger partial charge in [0.05, 0.1) is 10.4 Å². The molecule has 1 unspecified atom stereocenters. The van der Waals surface area contributed by atoms with Crippen LogP contribution in [0.5, 0.6) is 0 Å². The molecule has 0 amide bonds. The summed E-state index contributed by atoms with van der Waals surface area (Å²) in [5.41, 5.74) is 0. The number of hydrogen-bond donors (Lipinski definition) is 1. The van der Waals surface area contributed by atoms with Crippen LogP contribution in [-0.4, -0.2) is 34.1 Å². The van der Waals surface area contributed by atoms with E-state index in [2.05, 4.69) is 25.9 Å². The number of anilines is 1. The monoisotopic (exact) mass is 285 g/mol. The van der Waals surface area contributed by atoms with Crippen LogP contribution in [0.3, 0.4) is 0 Å². The summed E-state index contributed by atoms with van der Waals surface area (Å²) >= 11 is 3.27. The van der Waals surface area contributed by atoms with Crippen LogP contribution in [0.25, 0.3) is 0 Å². The van der Waals surface area contributed by atoms with Crippen LogP contribution in [0.2, 0.25) is 0 Å². The summed E-state index contributed by atoms with van der Waals surface area (Å²) in [5, 5.41) is 8.97. The molecular weight excluding hydrogens is 274 g/mol. The van der Waals surface area contributed by atoms with Crippen LogP contribution in [0.4, 0.5) is 5.95 Å². The summed E-state index contributed by atoms with van der Waals surface area (Å²) in [4.78, 5) is 21.2. The van der Waals surface area contributed by atoms with Crippen molar-refractivity contribution in [3.8, 4) is 0 Å². The van der Waals surface area contributed by atoms with Gasteiger partial charge in [0.2, 0.25) is 5.95 Å². The first kappa shape index (κ1) is 11.3. The van der Waals surface area contributed by atoms with Gasteiger partial charge in [-0.25, -0.2) is 9.97 Å². The fourth-order valence-corrected chi connectivity index (χ4v) is 2.03. The van der Waals surface area contributed by atoms with Gasteiger partial charge in [0.15, 0.2) is 0 Å². The summed E-state index contributed by atoms with van der Waals surface area (Å²) in [6.07, 6.45) is 4.96. The minimum Gasteiger partial charge on any atom is -0.481 e. The maximum Gasteiger partial charge on any atom is 0.308 e. The van der Waals surface area contributed by atoms with Gasteiger partial charge < -0.3 is 10.0 Å². The maximum atomic E-state index is 10.9. The van der Waals surface area contributed by atoms with E-state index in [1.807, 2.05) is 4.90 Å². The minimum atomic E-state index is -0.734. The average Bonchev–Trinajstić information content (AvgIpc) is 2.30. The van der Waals surface area contributed by atoms with E-state index in [4.69, 9.17) is 5.11 Å². The zero-order chi connectivity index (χ0) is 11.5. The fourth-order valence-electron chi connectivity index (χ4n) is 1.83. The van der Waals surface area contributed by atoms with Gasteiger partial charge in [0.25, 0.3) is 0 Å². The standard InChI is InChI=1S/C10H12BrN3O2/c11-8-4-12-10(13-5-8)14-3-1-2-7(6-14)9(15)16/h4-5,7H,1-3,6H2,(H,15,16). The zero-order valence-corrected chi connectivity index (χ0v) is 10.2. The molecule has 1 aromatic rings. The second-order valence-corrected chi connectivity index (χ2v) is 4.74. The Morgan fingerprint density at radius 2 is 2.19 bits per heavy atom. The van der Waals surface area contributed by atoms with E-state index in [1.54, 1.807) is 12.4 Å². The first-order chi connectivity index (χ1) is 7.66. The number of hydrogen-bond acceptors (Lipinski definition) is 4. The molecule has 6 heteroatoms. The van der Waals surface area contributed by atoms with Crippen molar-refractivity contribution in [1.82, 2.24) is 9.97 Å². The van der Waals surface area contributed by atoms with Crippen molar-refractivity contribution in [2.75, 3.05) is 18.0 Å². The van der Waals surface area contributed by atoms with Crippen molar-refractivity contribution in [2.45, 2.75) is 12.8 Å². The van der Waals surface area contributed by atoms with Gasteiger partial charge in [-0.05, 0) is 28.8 Å². The molecule has 0 spiro atoms. The van der Waals surface area contributed by atoms with Crippen molar-refractivity contribution < 1.29 is 9.90 Å². The molecule has 0 bridgehead atoms. The Morgan fingerprint density at radius 1 is 1.50 bits per heavy atom. The molecule has 0 aromatic carbocycles. The summed E-state index contributed by atoms with van der Waals surface area (Å²) in [5.74, 6) is -0.433. The van der Waals surface area contributed by atoms with E-state index >= 15 is 0 Å². The molecule has 1 atom stereocenters. The quantitative estimate of drug-likeness (QED) is 0.893. The second-order valence-electron chi connectivity index (χ2n) is 3.82. The van der Waals surface area contributed by atoms with Crippen LogP contribution in [0.1, 0.15) is 12.8 Å². The zero-order valence-electron chi connectivity index (χ0n) is 8.64. The lowest BCUT2D eigenvalue weighted by molar-refractivity contribution is -0.141. The highest BCUT2D eigenvalue weighted by molar-refractivity contribution is 9.10. The molecule has 2 rings (SSSR count). The van der Waals surface area contributed by atoms with Gasteiger partial charge >= 0.3 is 5.97 Å². The third-order valence-corrected chi connectivity index (χ3v) is 3.07. The summed E-state index contributed by atoms with van der Waals surface area (Å²) < 4.78 is 0.822. The number of carboxylic acids is 1. The summed E-state index contributed by atoms with van der Waals surface area (Å²) in [6.45, 7) is 1.32. The third-order valence-electron chi connectivity index (χ3n) is 2.66. The Hall–Kier alpha value is -1.17. The Bertz CT molecular complexity index is 382. The Balaban J connectivity index is 2.09. The molecule has 1 aromatic heterocycles. The number of aliphatic carboxylic acids is 1. The number of carboxylic acid groups (broad SMARTS) is 1. The van der Waals surface area contributed by atoms with Crippen molar-refractivity contribution in [1.29, 1.82) is 0 Å². The molecule has 0 saturated carbocycles. The van der Waals surface area contributed by atoms with Crippen LogP contribution in [-0.2, 0) is 4.79 Å². The SMILES string of the molecule is O=C(O)C1CCCN(c2ncc(Br)cn2)C1. The van der Waals surface area contributed by atoms with Gasteiger partial charge in [-0.2, -0.15) is 0 Å². The number of carbonyl (C=O) groups is 1. The van der Waals surface area contributed by atoms with E-state index in [1.165, 1.54) is 0 Å². The molecule has 1 saturated heterocycles. The predicted molar refractivity (Wildman–Crippen MR) is 62.3 cm³/mol. The lowest BCUT2D eigenvalue weighted by Gasteiger charge is -2.30. The second kappa shape index (κ2) is 4.78. The Morgan fingerprint density at radius 3 is 2.81 bits per heavy atom. The molecule has 1 aliphatic rings. The third kappa shape index (κ3) is 2.49. The van der Waals surface area contributed by atoms with Gasteiger partial charge in [-0.1, -0.05) is 0 Å². The lowest BCUT2D eigenvalue weighted by atomic mass is 9.99. The van der Waals surface area contributed by atoms with E-state index in [0.717, 1.165) is 23.9 Å². The number of halogens is 1. The predicted octanol–water partition coefficient (Wildman–Crippen LogP) is 1.54. The van der Waals surface area contributed by atoms with Crippen LogP contribution < -0.4 is 4.90 Å². The number of nitrogens with zero attached hydrogens (tertiary/aromatic N) is 3. The lowest BCUT2D eigenvalue weighted by Crippen LogP contribution is -2.39. The average molecular weight is 286 g/mol. The molecule has 5 nitrogen and oxygen atoms in total. The normalized spacial score (nSPS) is 20.8. The highest BCUT2D eigenvalue weighted by Crippen LogP contribution is 2.20. The topological polar surface area (TPSA) is 66.3 Å².